The maximum atomic E-state index is 10.5. The van der Waals surface area contributed by atoms with E-state index in [4.69, 9.17) is 15.2 Å². The van der Waals surface area contributed by atoms with Gasteiger partial charge in [0.25, 0.3) is 0 Å². The van der Waals surface area contributed by atoms with Crippen molar-refractivity contribution in [2.75, 3.05) is 14.2 Å². The van der Waals surface area contributed by atoms with E-state index in [1.54, 1.807) is 20.3 Å². The lowest BCUT2D eigenvalue weighted by molar-refractivity contribution is -0.117. The molecule has 2 N–H and O–H groups in total. The Morgan fingerprint density at radius 1 is 1.31 bits per heavy atom. The smallest absolute Gasteiger partial charge is 0.221 e. The Morgan fingerprint density at radius 3 is 2.56 bits per heavy atom. The van der Waals surface area contributed by atoms with Crippen LogP contribution in [0.3, 0.4) is 0 Å². The van der Waals surface area contributed by atoms with Crippen molar-refractivity contribution >= 4 is 12.0 Å². The number of hydrogen-bond donors (Lipinski definition) is 1. The van der Waals surface area contributed by atoms with Crippen molar-refractivity contribution in [2.24, 2.45) is 5.73 Å². The third kappa shape index (κ3) is 3.31. The molecule has 0 radical (unpaired) electrons. The summed E-state index contributed by atoms with van der Waals surface area (Å²) in [5.74, 6) is 0.981. The molecule has 0 saturated carbocycles. The molecular formula is C12H15NO3. The zero-order valence-electron chi connectivity index (χ0n) is 9.40. The number of rotatable bonds is 5. The summed E-state index contributed by atoms with van der Waals surface area (Å²) >= 11 is 0. The lowest BCUT2D eigenvalue weighted by Crippen LogP contribution is -2.07. The van der Waals surface area contributed by atoms with Gasteiger partial charge in [-0.15, -0.1) is 0 Å². The third-order valence-electron chi connectivity index (χ3n) is 2.04. The molecule has 0 aliphatic heterocycles. The van der Waals surface area contributed by atoms with Crippen molar-refractivity contribution in [3.05, 3.63) is 29.8 Å². The van der Waals surface area contributed by atoms with Crippen LogP contribution in [0.15, 0.2) is 24.3 Å². The zero-order chi connectivity index (χ0) is 12.0. The van der Waals surface area contributed by atoms with Gasteiger partial charge < -0.3 is 15.2 Å². The molecule has 0 aliphatic rings. The highest BCUT2D eigenvalue weighted by Crippen LogP contribution is 2.27. The van der Waals surface area contributed by atoms with Crippen molar-refractivity contribution < 1.29 is 14.3 Å². The molecule has 0 heterocycles. The molecule has 1 rings (SSSR count). The summed E-state index contributed by atoms with van der Waals surface area (Å²) in [7, 11) is 3.16. The maximum Gasteiger partial charge on any atom is 0.221 e. The van der Waals surface area contributed by atoms with Crippen LogP contribution in [0, 0.1) is 0 Å². The highest BCUT2D eigenvalue weighted by molar-refractivity contribution is 5.76. The Balaban J connectivity index is 2.82. The summed E-state index contributed by atoms with van der Waals surface area (Å²) in [5, 5.41) is 0. The van der Waals surface area contributed by atoms with Gasteiger partial charge in [-0.1, -0.05) is 18.2 Å². The quantitative estimate of drug-likeness (QED) is 0.821. The molecule has 4 nitrogen and oxygen atoms in total. The predicted molar refractivity (Wildman–Crippen MR) is 62.4 cm³/mol. The second-order valence-electron chi connectivity index (χ2n) is 3.19. The molecule has 0 unspecified atom stereocenters. The van der Waals surface area contributed by atoms with Crippen molar-refractivity contribution in [1.82, 2.24) is 0 Å². The lowest BCUT2D eigenvalue weighted by atomic mass is 10.1. The van der Waals surface area contributed by atoms with Crippen LogP contribution in [0.2, 0.25) is 0 Å². The van der Waals surface area contributed by atoms with Gasteiger partial charge in [-0.25, -0.2) is 0 Å². The molecular weight excluding hydrogens is 206 g/mol. The summed E-state index contributed by atoms with van der Waals surface area (Å²) < 4.78 is 10.3. The first-order valence-electron chi connectivity index (χ1n) is 4.84. The average molecular weight is 221 g/mol. The van der Waals surface area contributed by atoms with Crippen LogP contribution in [0.25, 0.3) is 6.08 Å². The van der Waals surface area contributed by atoms with Gasteiger partial charge in [-0.3, -0.25) is 4.79 Å². The van der Waals surface area contributed by atoms with Crippen LogP contribution in [-0.4, -0.2) is 20.1 Å². The Labute approximate surface area is 94.7 Å². The van der Waals surface area contributed by atoms with Gasteiger partial charge in [0.1, 0.15) is 0 Å². The summed E-state index contributed by atoms with van der Waals surface area (Å²) in [5.41, 5.74) is 5.95. The SMILES string of the molecule is COc1ccc(C=CCC(N)=O)cc1OC. The molecule has 0 aliphatic carbocycles. The van der Waals surface area contributed by atoms with Crippen LogP contribution in [0.4, 0.5) is 0 Å². The first kappa shape index (κ1) is 12.1. The predicted octanol–water partition coefficient (Wildman–Crippen LogP) is 1.59. The third-order valence-corrected chi connectivity index (χ3v) is 2.04. The fourth-order valence-corrected chi connectivity index (χ4v) is 1.27. The minimum atomic E-state index is -0.350. The van der Waals surface area contributed by atoms with E-state index >= 15 is 0 Å². The van der Waals surface area contributed by atoms with Crippen molar-refractivity contribution in [2.45, 2.75) is 6.42 Å². The number of methoxy groups -OCH3 is 2. The van der Waals surface area contributed by atoms with Crippen LogP contribution >= 0.6 is 0 Å². The molecule has 0 fully saturated rings. The van der Waals surface area contributed by atoms with Crippen LogP contribution in [0.5, 0.6) is 11.5 Å². The Morgan fingerprint density at radius 2 is 2.00 bits per heavy atom. The molecule has 0 aromatic heterocycles. The largest absolute Gasteiger partial charge is 0.493 e. The Bertz CT molecular complexity index is 399. The normalized spacial score (nSPS) is 10.4. The number of amides is 1. The van der Waals surface area contributed by atoms with Gasteiger partial charge in [0, 0.05) is 6.42 Å². The standard InChI is InChI=1S/C12H15NO3/c1-15-10-7-6-9(8-11(10)16-2)4-3-5-12(13)14/h3-4,6-8H,5H2,1-2H3,(H2,13,14). The average Bonchev–Trinajstić information content (AvgIpc) is 2.28. The highest BCUT2D eigenvalue weighted by Gasteiger charge is 2.02. The van der Waals surface area contributed by atoms with Crippen LogP contribution < -0.4 is 15.2 Å². The van der Waals surface area contributed by atoms with E-state index in [1.807, 2.05) is 24.3 Å². The van der Waals surface area contributed by atoms with Gasteiger partial charge in [0.15, 0.2) is 11.5 Å². The fourth-order valence-electron chi connectivity index (χ4n) is 1.27. The molecule has 1 aromatic carbocycles. The number of nitrogens with two attached hydrogens (primary N) is 1. The zero-order valence-corrected chi connectivity index (χ0v) is 9.40. The summed E-state index contributed by atoms with van der Waals surface area (Å²) in [6, 6.07) is 5.51. The van der Waals surface area contributed by atoms with Gasteiger partial charge in [-0.2, -0.15) is 0 Å². The van der Waals surface area contributed by atoms with E-state index in [1.165, 1.54) is 0 Å². The van der Waals surface area contributed by atoms with E-state index in [0.717, 1.165) is 5.56 Å². The second-order valence-corrected chi connectivity index (χ2v) is 3.19. The van der Waals surface area contributed by atoms with E-state index in [9.17, 15) is 4.79 Å². The summed E-state index contributed by atoms with van der Waals surface area (Å²) in [6.07, 6.45) is 3.75. The van der Waals surface area contributed by atoms with E-state index in [-0.39, 0.29) is 12.3 Å². The van der Waals surface area contributed by atoms with Crippen LogP contribution in [-0.2, 0) is 4.79 Å². The minimum absolute atomic E-state index is 0.231. The molecule has 4 heteroatoms. The number of carbonyl (C=O) groups is 1. The lowest BCUT2D eigenvalue weighted by Gasteiger charge is -2.07. The maximum absolute atomic E-state index is 10.5. The monoisotopic (exact) mass is 221 g/mol. The fraction of sp³-hybridized carbons (Fsp3) is 0.250. The van der Waals surface area contributed by atoms with Crippen molar-refractivity contribution in [1.29, 1.82) is 0 Å². The van der Waals surface area contributed by atoms with Gasteiger partial charge >= 0.3 is 0 Å². The molecule has 1 aromatic rings. The molecule has 16 heavy (non-hydrogen) atoms. The Hall–Kier alpha value is -1.97. The Kier molecular flexibility index (Phi) is 4.39. The number of hydrogen-bond acceptors (Lipinski definition) is 3. The topological polar surface area (TPSA) is 61.5 Å². The van der Waals surface area contributed by atoms with E-state index in [2.05, 4.69) is 0 Å². The van der Waals surface area contributed by atoms with Gasteiger partial charge in [0.2, 0.25) is 5.91 Å². The number of benzene rings is 1. The molecule has 0 bridgehead atoms. The summed E-state index contributed by atoms with van der Waals surface area (Å²) in [4.78, 5) is 10.5. The number of ether oxygens (including phenoxy) is 2. The number of primary amides is 1. The second kappa shape index (κ2) is 5.80. The number of carbonyl (C=O) groups excluding carboxylic acids is 1. The van der Waals surface area contributed by atoms with E-state index < -0.39 is 0 Å². The molecule has 0 atom stereocenters. The minimum Gasteiger partial charge on any atom is -0.493 e. The van der Waals surface area contributed by atoms with E-state index in [0.29, 0.717) is 11.5 Å². The van der Waals surface area contributed by atoms with Gasteiger partial charge in [-0.05, 0) is 17.7 Å². The molecule has 0 spiro atoms. The first-order valence-corrected chi connectivity index (χ1v) is 4.84. The molecule has 1 amide bonds. The van der Waals surface area contributed by atoms with Crippen LogP contribution in [0.1, 0.15) is 12.0 Å². The molecule has 0 saturated heterocycles. The summed E-state index contributed by atoms with van der Waals surface area (Å²) in [6.45, 7) is 0. The first-order chi connectivity index (χ1) is 7.67. The van der Waals surface area contributed by atoms with Crippen molar-refractivity contribution in [3.63, 3.8) is 0 Å². The van der Waals surface area contributed by atoms with Gasteiger partial charge in [0.05, 0.1) is 14.2 Å². The highest BCUT2D eigenvalue weighted by atomic mass is 16.5. The molecule has 86 valence electrons. The van der Waals surface area contributed by atoms with Crippen molar-refractivity contribution in [3.8, 4) is 11.5 Å².